The van der Waals surface area contributed by atoms with Gasteiger partial charge in [0.2, 0.25) is 0 Å². The zero-order valence-corrected chi connectivity index (χ0v) is 14.1. The smallest absolute Gasteiger partial charge is 0.337 e. The molecule has 25 heavy (non-hydrogen) atoms. The van der Waals surface area contributed by atoms with Crippen molar-refractivity contribution in [2.24, 2.45) is 0 Å². The van der Waals surface area contributed by atoms with Crippen molar-refractivity contribution in [2.45, 2.75) is 32.7 Å². The Labute approximate surface area is 145 Å². The molecule has 3 aromatic rings. The number of ketones is 1. The SMILES string of the molecule is Cc1ccc(Cn2c3c(c4cccc(C(=O)O)c42)CC(=O)CC3)cc1. The van der Waals surface area contributed by atoms with Gasteiger partial charge in [-0.05, 0) is 30.5 Å². The van der Waals surface area contributed by atoms with Crippen molar-refractivity contribution < 1.29 is 14.7 Å². The topological polar surface area (TPSA) is 59.3 Å². The Kier molecular flexibility index (Phi) is 3.68. The van der Waals surface area contributed by atoms with Gasteiger partial charge in [0, 0.05) is 30.5 Å². The maximum Gasteiger partial charge on any atom is 0.337 e. The first-order valence-corrected chi connectivity index (χ1v) is 8.48. The van der Waals surface area contributed by atoms with Crippen LogP contribution in [0.4, 0.5) is 0 Å². The number of aromatic nitrogens is 1. The Bertz CT molecular complexity index is 996. The number of fused-ring (bicyclic) bond motifs is 3. The van der Waals surface area contributed by atoms with Gasteiger partial charge < -0.3 is 9.67 Å². The van der Waals surface area contributed by atoms with E-state index in [1.807, 2.05) is 13.0 Å². The summed E-state index contributed by atoms with van der Waals surface area (Å²) in [4.78, 5) is 23.7. The molecule has 0 fully saturated rings. The van der Waals surface area contributed by atoms with E-state index in [1.54, 1.807) is 12.1 Å². The van der Waals surface area contributed by atoms with Gasteiger partial charge in [-0.3, -0.25) is 4.79 Å². The molecule has 0 saturated carbocycles. The molecule has 0 amide bonds. The second kappa shape index (κ2) is 5.88. The maximum atomic E-state index is 12.0. The highest BCUT2D eigenvalue weighted by molar-refractivity contribution is 6.05. The summed E-state index contributed by atoms with van der Waals surface area (Å²) in [5, 5.41) is 10.5. The molecule has 0 unspecified atom stereocenters. The molecule has 0 atom stereocenters. The number of para-hydroxylation sites is 1. The predicted octanol–water partition coefficient (Wildman–Crippen LogP) is 3.75. The molecule has 1 aliphatic rings. The Hall–Kier alpha value is -2.88. The van der Waals surface area contributed by atoms with Crippen LogP contribution in [0.15, 0.2) is 42.5 Å². The standard InChI is InChI=1S/C21H19NO3/c1-13-5-7-14(8-6-13)12-22-19-10-9-15(23)11-18(19)16-3-2-4-17(20(16)22)21(24)25/h2-8H,9-12H2,1H3,(H,24,25). The minimum Gasteiger partial charge on any atom is -0.478 e. The number of carboxylic acids is 1. The molecule has 1 heterocycles. The number of Topliss-reactive ketones (excluding diaryl/α,β-unsaturated/α-hetero) is 1. The van der Waals surface area contributed by atoms with E-state index >= 15 is 0 Å². The van der Waals surface area contributed by atoms with Crippen LogP contribution in [-0.4, -0.2) is 21.4 Å². The second-order valence-corrected chi connectivity index (χ2v) is 6.72. The third-order valence-corrected chi connectivity index (χ3v) is 5.01. The minimum absolute atomic E-state index is 0.225. The number of hydrogen-bond acceptors (Lipinski definition) is 2. The van der Waals surface area contributed by atoms with E-state index in [0.29, 0.717) is 31.4 Å². The Morgan fingerprint density at radius 3 is 2.60 bits per heavy atom. The molecule has 1 aliphatic carbocycles. The third kappa shape index (κ3) is 2.64. The normalized spacial score (nSPS) is 13.9. The lowest BCUT2D eigenvalue weighted by Gasteiger charge is -2.16. The van der Waals surface area contributed by atoms with Gasteiger partial charge in [0.15, 0.2) is 0 Å². The average Bonchev–Trinajstić information content (AvgIpc) is 2.90. The van der Waals surface area contributed by atoms with E-state index in [1.165, 1.54) is 5.56 Å². The third-order valence-electron chi connectivity index (χ3n) is 5.01. The first kappa shape index (κ1) is 15.6. The first-order chi connectivity index (χ1) is 12.0. The van der Waals surface area contributed by atoms with E-state index < -0.39 is 5.97 Å². The van der Waals surface area contributed by atoms with Crippen LogP contribution < -0.4 is 0 Å². The fourth-order valence-electron chi connectivity index (χ4n) is 3.78. The molecule has 126 valence electrons. The van der Waals surface area contributed by atoms with Crippen LogP contribution >= 0.6 is 0 Å². The summed E-state index contributed by atoms with van der Waals surface area (Å²) in [5.74, 6) is -0.709. The van der Waals surface area contributed by atoms with Crippen molar-refractivity contribution in [3.05, 3.63) is 70.4 Å². The number of rotatable bonds is 3. The largest absolute Gasteiger partial charge is 0.478 e. The quantitative estimate of drug-likeness (QED) is 0.794. The minimum atomic E-state index is -0.933. The van der Waals surface area contributed by atoms with Crippen LogP contribution in [0.1, 0.15) is 39.2 Å². The number of aromatic carboxylic acids is 1. The summed E-state index contributed by atoms with van der Waals surface area (Å²) in [6.45, 7) is 2.66. The molecule has 0 bridgehead atoms. The molecular formula is C21H19NO3. The van der Waals surface area contributed by atoms with Gasteiger partial charge in [0.05, 0.1) is 11.1 Å². The Morgan fingerprint density at radius 1 is 1.12 bits per heavy atom. The average molecular weight is 333 g/mol. The molecule has 4 nitrogen and oxygen atoms in total. The lowest BCUT2D eigenvalue weighted by molar-refractivity contribution is -0.118. The lowest BCUT2D eigenvalue weighted by Crippen LogP contribution is -2.16. The van der Waals surface area contributed by atoms with Crippen molar-refractivity contribution in [3.8, 4) is 0 Å². The fourth-order valence-corrected chi connectivity index (χ4v) is 3.78. The number of carboxylic acid groups (broad SMARTS) is 1. The van der Waals surface area contributed by atoms with Crippen molar-refractivity contribution in [2.75, 3.05) is 0 Å². The van der Waals surface area contributed by atoms with Crippen molar-refractivity contribution in [1.82, 2.24) is 4.57 Å². The van der Waals surface area contributed by atoms with Gasteiger partial charge in [-0.15, -0.1) is 0 Å². The van der Waals surface area contributed by atoms with Gasteiger partial charge in [0.25, 0.3) is 0 Å². The van der Waals surface area contributed by atoms with E-state index in [9.17, 15) is 14.7 Å². The summed E-state index contributed by atoms with van der Waals surface area (Å²) in [6.07, 6.45) is 1.60. The van der Waals surface area contributed by atoms with E-state index in [0.717, 1.165) is 27.7 Å². The molecule has 0 saturated heterocycles. The summed E-state index contributed by atoms with van der Waals surface area (Å²) in [5.41, 5.74) is 5.45. The van der Waals surface area contributed by atoms with Crippen LogP contribution in [0.3, 0.4) is 0 Å². The molecule has 0 radical (unpaired) electrons. The maximum absolute atomic E-state index is 12.0. The van der Waals surface area contributed by atoms with Crippen LogP contribution in [0.5, 0.6) is 0 Å². The van der Waals surface area contributed by atoms with Gasteiger partial charge >= 0.3 is 5.97 Å². The number of nitrogens with zero attached hydrogens (tertiary/aromatic N) is 1. The summed E-state index contributed by atoms with van der Waals surface area (Å²) >= 11 is 0. The zero-order valence-electron chi connectivity index (χ0n) is 14.1. The molecule has 0 spiro atoms. The van der Waals surface area contributed by atoms with Crippen LogP contribution in [0.2, 0.25) is 0 Å². The summed E-state index contributed by atoms with van der Waals surface area (Å²) < 4.78 is 2.10. The van der Waals surface area contributed by atoms with E-state index in [4.69, 9.17) is 0 Å². The zero-order chi connectivity index (χ0) is 17.6. The first-order valence-electron chi connectivity index (χ1n) is 8.48. The summed E-state index contributed by atoms with van der Waals surface area (Å²) in [7, 11) is 0. The molecule has 2 aromatic carbocycles. The highest BCUT2D eigenvalue weighted by atomic mass is 16.4. The van der Waals surface area contributed by atoms with Gasteiger partial charge in [0.1, 0.15) is 5.78 Å². The number of benzene rings is 2. The highest BCUT2D eigenvalue weighted by Gasteiger charge is 2.26. The van der Waals surface area contributed by atoms with Gasteiger partial charge in [-0.2, -0.15) is 0 Å². The van der Waals surface area contributed by atoms with E-state index in [2.05, 4.69) is 28.8 Å². The number of aryl methyl sites for hydroxylation is 1. The van der Waals surface area contributed by atoms with Crippen LogP contribution in [0.25, 0.3) is 10.9 Å². The highest BCUT2D eigenvalue weighted by Crippen LogP contribution is 2.33. The van der Waals surface area contributed by atoms with Crippen molar-refractivity contribution >= 4 is 22.7 Å². The van der Waals surface area contributed by atoms with Crippen molar-refractivity contribution in [3.63, 3.8) is 0 Å². The molecule has 1 N–H and O–H groups in total. The number of carbonyl (C=O) groups excluding carboxylic acids is 1. The molecular weight excluding hydrogens is 314 g/mol. The Morgan fingerprint density at radius 2 is 1.88 bits per heavy atom. The molecule has 0 aliphatic heterocycles. The lowest BCUT2D eigenvalue weighted by atomic mass is 9.94. The predicted molar refractivity (Wildman–Crippen MR) is 96.2 cm³/mol. The molecule has 4 rings (SSSR count). The molecule has 4 heteroatoms. The Balaban J connectivity index is 1.96. The molecule has 1 aromatic heterocycles. The van der Waals surface area contributed by atoms with Crippen LogP contribution in [-0.2, 0) is 24.2 Å². The number of hydrogen-bond donors (Lipinski definition) is 1. The second-order valence-electron chi connectivity index (χ2n) is 6.72. The fraction of sp³-hybridized carbons (Fsp3) is 0.238. The van der Waals surface area contributed by atoms with Crippen molar-refractivity contribution in [1.29, 1.82) is 0 Å². The summed E-state index contributed by atoms with van der Waals surface area (Å²) in [6, 6.07) is 13.6. The number of carbonyl (C=O) groups is 2. The van der Waals surface area contributed by atoms with E-state index in [-0.39, 0.29) is 5.78 Å². The monoisotopic (exact) mass is 333 g/mol. The van der Waals surface area contributed by atoms with Gasteiger partial charge in [-0.1, -0.05) is 42.0 Å². The van der Waals surface area contributed by atoms with Crippen LogP contribution in [0, 0.1) is 6.92 Å². The van der Waals surface area contributed by atoms with Gasteiger partial charge in [-0.25, -0.2) is 4.79 Å².